The van der Waals surface area contributed by atoms with Gasteiger partial charge in [-0.3, -0.25) is 4.79 Å². The Bertz CT molecular complexity index is 1870. The van der Waals surface area contributed by atoms with Crippen LogP contribution in [0.1, 0.15) is 16.7 Å². The van der Waals surface area contributed by atoms with Crippen molar-refractivity contribution in [3.63, 3.8) is 0 Å². The van der Waals surface area contributed by atoms with Gasteiger partial charge in [0.15, 0.2) is 11.3 Å². The van der Waals surface area contributed by atoms with Crippen molar-refractivity contribution in [1.82, 2.24) is 0 Å². The van der Waals surface area contributed by atoms with Gasteiger partial charge < -0.3 is 23.4 Å². The molecule has 0 aliphatic heterocycles. The van der Waals surface area contributed by atoms with Gasteiger partial charge in [-0.1, -0.05) is 91.0 Å². The van der Waals surface area contributed by atoms with Crippen LogP contribution in [0.25, 0.3) is 22.1 Å². The van der Waals surface area contributed by atoms with Crippen LogP contribution >= 0.6 is 0 Å². The fourth-order valence-corrected chi connectivity index (χ4v) is 4.80. The first-order valence-electron chi connectivity index (χ1n) is 14.0. The molecule has 6 rings (SSSR count). The van der Waals surface area contributed by atoms with Crippen molar-refractivity contribution in [2.75, 3.05) is 7.11 Å². The molecule has 0 fully saturated rings. The first-order valence-corrected chi connectivity index (χ1v) is 14.0. The average Bonchev–Trinajstić information content (AvgIpc) is 3.07. The second-order valence-corrected chi connectivity index (χ2v) is 9.93. The molecule has 6 aromatic rings. The first kappa shape index (κ1) is 27.7. The second kappa shape index (κ2) is 13.0. The van der Waals surface area contributed by atoms with E-state index in [0.717, 1.165) is 16.7 Å². The van der Waals surface area contributed by atoms with Crippen LogP contribution in [0.5, 0.6) is 23.0 Å². The number of benzene rings is 5. The Morgan fingerprint density at radius 3 is 1.72 bits per heavy atom. The molecule has 0 N–H and O–H groups in total. The molecule has 0 saturated carbocycles. The van der Waals surface area contributed by atoms with Crippen molar-refractivity contribution in [2.45, 2.75) is 19.8 Å². The average molecular weight is 571 g/mol. The van der Waals surface area contributed by atoms with Crippen molar-refractivity contribution < 1.29 is 23.4 Å². The Kier molecular flexibility index (Phi) is 8.36. The Morgan fingerprint density at radius 2 is 1.14 bits per heavy atom. The Labute approximate surface area is 249 Å². The summed E-state index contributed by atoms with van der Waals surface area (Å²) in [4.78, 5) is 13.9. The summed E-state index contributed by atoms with van der Waals surface area (Å²) in [5.74, 6) is 1.99. The van der Waals surface area contributed by atoms with E-state index in [9.17, 15) is 4.79 Å². The minimum absolute atomic E-state index is 0.211. The largest absolute Gasteiger partial charge is 0.490 e. The third kappa shape index (κ3) is 6.39. The van der Waals surface area contributed by atoms with E-state index in [0.29, 0.717) is 64.9 Å². The van der Waals surface area contributed by atoms with Gasteiger partial charge in [0.05, 0.1) is 18.1 Å². The highest BCUT2D eigenvalue weighted by Gasteiger charge is 2.19. The fourth-order valence-electron chi connectivity index (χ4n) is 4.80. The minimum Gasteiger partial charge on any atom is -0.490 e. The Hall–Kier alpha value is -5.49. The van der Waals surface area contributed by atoms with Gasteiger partial charge in [0.2, 0.25) is 11.2 Å². The molecule has 0 bridgehead atoms. The maximum Gasteiger partial charge on any atom is 0.204 e. The monoisotopic (exact) mass is 570 g/mol. The van der Waals surface area contributed by atoms with Crippen LogP contribution in [0.3, 0.4) is 0 Å². The third-order valence-corrected chi connectivity index (χ3v) is 7.03. The molecule has 0 aliphatic rings. The molecule has 214 valence electrons. The Morgan fingerprint density at radius 1 is 0.581 bits per heavy atom. The number of rotatable bonds is 11. The van der Waals surface area contributed by atoms with Gasteiger partial charge in [0, 0.05) is 11.6 Å². The zero-order valence-electron chi connectivity index (χ0n) is 23.7. The molecule has 0 radical (unpaired) electrons. The van der Waals surface area contributed by atoms with Crippen LogP contribution in [0.15, 0.2) is 137 Å². The summed E-state index contributed by atoms with van der Waals surface area (Å²) in [6.07, 6.45) is 1.45. The number of ether oxygens (including phenoxy) is 4. The summed E-state index contributed by atoms with van der Waals surface area (Å²) in [7, 11) is 1.53. The minimum atomic E-state index is -0.211. The van der Waals surface area contributed by atoms with Crippen molar-refractivity contribution >= 4 is 11.0 Å². The molecule has 0 aliphatic carbocycles. The van der Waals surface area contributed by atoms with Gasteiger partial charge in [-0.05, 0) is 41.0 Å². The van der Waals surface area contributed by atoms with Gasteiger partial charge in [0.25, 0.3) is 0 Å². The van der Waals surface area contributed by atoms with E-state index in [1.807, 2.05) is 109 Å². The van der Waals surface area contributed by atoms with Crippen molar-refractivity contribution in [2.24, 2.45) is 0 Å². The van der Waals surface area contributed by atoms with Gasteiger partial charge in [-0.2, -0.15) is 0 Å². The summed E-state index contributed by atoms with van der Waals surface area (Å²) >= 11 is 0. The van der Waals surface area contributed by atoms with E-state index in [-0.39, 0.29) is 5.43 Å². The first-order chi connectivity index (χ1) is 21.2. The molecule has 0 spiro atoms. The van der Waals surface area contributed by atoms with Gasteiger partial charge >= 0.3 is 0 Å². The summed E-state index contributed by atoms with van der Waals surface area (Å²) in [5.41, 5.74) is 4.14. The molecule has 0 atom stereocenters. The zero-order chi connectivity index (χ0) is 29.4. The molecule has 0 amide bonds. The van der Waals surface area contributed by atoms with Crippen molar-refractivity contribution in [3.8, 4) is 34.1 Å². The lowest BCUT2D eigenvalue weighted by molar-refractivity contribution is 0.284. The van der Waals surface area contributed by atoms with Crippen LogP contribution in [-0.4, -0.2) is 7.11 Å². The predicted octanol–water partition coefficient (Wildman–Crippen LogP) is 8.21. The summed E-state index contributed by atoms with van der Waals surface area (Å²) in [5, 5.41) is 0.375. The van der Waals surface area contributed by atoms with E-state index in [1.165, 1.54) is 13.4 Å². The number of fused-ring (bicyclic) bond motifs is 1. The van der Waals surface area contributed by atoms with Crippen LogP contribution < -0.4 is 24.4 Å². The smallest absolute Gasteiger partial charge is 0.204 e. The number of methoxy groups -OCH3 is 1. The molecule has 5 aromatic carbocycles. The molecule has 6 heteroatoms. The maximum absolute atomic E-state index is 13.9. The van der Waals surface area contributed by atoms with Crippen LogP contribution in [0, 0.1) is 0 Å². The molecule has 1 aromatic heterocycles. The lowest BCUT2D eigenvalue weighted by Crippen LogP contribution is -2.08. The standard InChI is InChI=1S/C37H30O6/c1-39-37-33(41-23-27-13-7-3-8-14-27)20-19-31-35(38)32(25-43-36(31)37)30-18-17-29(40-22-26-11-5-2-6-12-26)21-34(30)42-24-28-15-9-4-10-16-28/h2-21,25H,22-24H2,1H3. The third-order valence-electron chi connectivity index (χ3n) is 7.03. The van der Waals surface area contributed by atoms with Gasteiger partial charge in [-0.25, -0.2) is 0 Å². The highest BCUT2D eigenvalue weighted by atomic mass is 16.5. The summed E-state index contributed by atoms with van der Waals surface area (Å²) in [6, 6.07) is 38.5. The van der Waals surface area contributed by atoms with E-state index in [1.54, 1.807) is 12.1 Å². The fraction of sp³-hybridized carbons (Fsp3) is 0.108. The zero-order valence-corrected chi connectivity index (χ0v) is 23.7. The SMILES string of the molecule is COc1c(OCc2ccccc2)ccc2c(=O)c(-c3ccc(OCc4ccccc4)cc3OCc3ccccc3)coc12. The molecule has 0 unspecified atom stereocenters. The molecule has 0 saturated heterocycles. The normalized spacial score (nSPS) is 10.8. The van der Waals surface area contributed by atoms with Crippen molar-refractivity contribution in [3.05, 3.63) is 155 Å². The second-order valence-electron chi connectivity index (χ2n) is 9.93. The molecule has 6 nitrogen and oxygen atoms in total. The molecular weight excluding hydrogens is 540 g/mol. The van der Waals surface area contributed by atoms with E-state index in [4.69, 9.17) is 23.4 Å². The summed E-state index contributed by atoms with van der Waals surface area (Å²) < 4.78 is 30.0. The highest BCUT2D eigenvalue weighted by Crippen LogP contribution is 2.38. The quantitative estimate of drug-likeness (QED) is 0.156. The molecule has 43 heavy (non-hydrogen) atoms. The lowest BCUT2D eigenvalue weighted by Gasteiger charge is -2.15. The topological polar surface area (TPSA) is 67.1 Å². The number of hydrogen-bond acceptors (Lipinski definition) is 6. The van der Waals surface area contributed by atoms with Gasteiger partial charge in [0.1, 0.15) is 37.6 Å². The van der Waals surface area contributed by atoms with Crippen LogP contribution in [0.2, 0.25) is 0 Å². The van der Waals surface area contributed by atoms with E-state index in [2.05, 4.69) is 0 Å². The lowest BCUT2D eigenvalue weighted by atomic mass is 10.0. The summed E-state index contributed by atoms with van der Waals surface area (Å²) in [6.45, 7) is 1.08. The maximum atomic E-state index is 13.9. The highest BCUT2D eigenvalue weighted by molar-refractivity contribution is 5.89. The molecule has 1 heterocycles. The predicted molar refractivity (Wildman–Crippen MR) is 167 cm³/mol. The Balaban J connectivity index is 1.33. The van der Waals surface area contributed by atoms with E-state index >= 15 is 0 Å². The van der Waals surface area contributed by atoms with Crippen molar-refractivity contribution in [1.29, 1.82) is 0 Å². The van der Waals surface area contributed by atoms with Gasteiger partial charge in [-0.15, -0.1) is 0 Å². The number of hydrogen-bond donors (Lipinski definition) is 0. The van der Waals surface area contributed by atoms with Crippen LogP contribution in [0.4, 0.5) is 0 Å². The van der Waals surface area contributed by atoms with E-state index < -0.39 is 0 Å². The van der Waals surface area contributed by atoms with Crippen LogP contribution in [-0.2, 0) is 19.8 Å². The molecular formula is C37H30O6.